The van der Waals surface area contributed by atoms with Crippen molar-refractivity contribution in [3.05, 3.63) is 42.5 Å². The summed E-state index contributed by atoms with van der Waals surface area (Å²) in [6.45, 7) is 0.804. The van der Waals surface area contributed by atoms with Crippen LogP contribution in [0.25, 0.3) is 10.8 Å². The maximum absolute atomic E-state index is 5.79. The Hall–Kier alpha value is -1.54. The third-order valence-corrected chi connectivity index (χ3v) is 3.03. The van der Waals surface area contributed by atoms with Gasteiger partial charge in [-0.25, -0.2) is 0 Å². The minimum atomic E-state index is -0.0961. The van der Waals surface area contributed by atoms with Crippen LogP contribution in [-0.2, 0) is 4.74 Å². The Morgan fingerprint density at radius 3 is 2.94 bits per heavy atom. The molecule has 1 saturated heterocycles. The Morgan fingerprint density at radius 2 is 2.06 bits per heavy atom. The molecule has 0 N–H and O–H groups in total. The molecule has 2 nitrogen and oxygen atoms in total. The number of rotatable bonds is 2. The van der Waals surface area contributed by atoms with Gasteiger partial charge < -0.3 is 9.47 Å². The van der Waals surface area contributed by atoms with Crippen LogP contribution in [0, 0.1) is 6.07 Å². The number of hydrogen-bond donors (Lipinski definition) is 0. The molecule has 2 aromatic rings. The lowest BCUT2D eigenvalue weighted by molar-refractivity contribution is -0.105. The molecule has 1 aliphatic rings. The molecule has 1 unspecified atom stereocenters. The van der Waals surface area contributed by atoms with Gasteiger partial charge in [0.1, 0.15) is 5.75 Å². The molecule has 2 aromatic carbocycles. The molecule has 1 heterocycles. The third kappa shape index (κ3) is 2.42. The molecule has 0 aliphatic carbocycles. The van der Waals surface area contributed by atoms with Gasteiger partial charge in [0.2, 0.25) is 0 Å². The summed E-state index contributed by atoms with van der Waals surface area (Å²) in [5.41, 5.74) is 0. The largest absolute Gasteiger partial charge is 0.464 e. The van der Waals surface area contributed by atoms with Crippen molar-refractivity contribution in [1.29, 1.82) is 0 Å². The van der Waals surface area contributed by atoms with Crippen LogP contribution in [0.1, 0.15) is 19.3 Å². The van der Waals surface area contributed by atoms with E-state index in [0.717, 1.165) is 30.6 Å². The summed E-state index contributed by atoms with van der Waals surface area (Å²) in [6.07, 6.45) is 3.20. The molecule has 1 radical (unpaired) electrons. The smallest absolute Gasteiger partial charge is 0.199 e. The van der Waals surface area contributed by atoms with E-state index < -0.39 is 0 Å². The van der Waals surface area contributed by atoms with Crippen LogP contribution in [0.2, 0.25) is 0 Å². The summed E-state index contributed by atoms with van der Waals surface area (Å²) in [7, 11) is 0. The van der Waals surface area contributed by atoms with Gasteiger partial charge in [0.15, 0.2) is 6.29 Å². The van der Waals surface area contributed by atoms with Crippen LogP contribution in [0.15, 0.2) is 36.4 Å². The average Bonchev–Trinajstić information content (AvgIpc) is 2.40. The molecule has 0 aromatic heterocycles. The predicted molar refractivity (Wildman–Crippen MR) is 67.0 cm³/mol. The zero-order valence-electron chi connectivity index (χ0n) is 9.69. The van der Waals surface area contributed by atoms with E-state index in [4.69, 9.17) is 9.47 Å². The molecule has 0 bridgehead atoms. The molecule has 0 amide bonds. The van der Waals surface area contributed by atoms with Crippen LogP contribution in [-0.4, -0.2) is 12.9 Å². The van der Waals surface area contributed by atoms with Gasteiger partial charge in [-0.1, -0.05) is 30.3 Å². The monoisotopic (exact) mass is 227 g/mol. The Morgan fingerprint density at radius 1 is 1.12 bits per heavy atom. The lowest BCUT2D eigenvalue weighted by atomic mass is 10.1. The van der Waals surface area contributed by atoms with Gasteiger partial charge >= 0.3 is 0 Å². The van der Waals surface area contributed by atoms with Crippen molar-refractivity contribution in [3.8, 4) is 5.75 Å². The van der Waals surface area contributed by atoms with Gasteiger partial charge in [-0.3, -0.25) is 0 Å². The van der Waals surface area contributed by atoms with E-state index in [1.807, 2.05) is 24.3 Å². The maximum Gasteiger partial charge on any atom is 0.199 e. The molecule has 0 saturated carbocycles. The van der Waals surface area contributed by atoms with E-state index in [0.29, 0.717) is 0 Å². The van der Waals surface area contributed by atoms with Gasteiger partial charge in [0.25, 0.3) is 0 Å². The Bertz CT molecular complexity index is 501. The molecule has 17 heavy (non-hydrogen) atoms. The Kier molecular flexibility index (Phi) is 2.97. The highest BCUT2D eigenvalue weighted by molar-refractivity contribution is 5.83. The van der Waals surface area contributed by atoms with Crippen molar-refractivity contribution in [2.75, 3.05) is 6.61 Å². The lowest BCUT2D eigenvalue weighted by Gasteiger charge is -2.23. The summed E-state index contributed by atoms with van der Waals surface area (Å²) in [5, 5.41) is 2.27. The first-order valence-corrected chi connectivity index (χ1v) is 6.11. The van der Waals surface area contributed by atoms with Gasteiger partial charge in [-0.2, -0.15) is 0 Å². The summed E-state index contributed by atoms with van der Waals surface area (Å²) in [4.78, 5) is 0. The van der Waals surface area contributed by atoms with Crippen molar-refractivity contribution >= 4 is 10.8 Å². The van der Waals surface area contributed by atoms with Crippen LogP contribution < -0.4 is 4.74 Å². The van der Waals surface area contributed by atoms with Crippen LogP contribution in [0.3, 0.4) is 0 Å². The van der Waals surface area contributed by atoms with E-state index in [9.17, 15) is 0 Å². The third-order valence-electron chi connectivity index (χ3n) is 3.03. The molecule has 1 fully saturated rings. The maximum atomic E-state index is 5.79. The van der Waals surface area contributed by atoms with E-state index in [1.54, 1.807) is 0 Å². The molecule has 1 aliphatic heterocycles. The van der Waals surface area contributed by atoms with Crippen molar-refractivity contribution in [3.63, 3.8) is 0 Å². The van der Waals surface area contributed by atoms with Crippen LogP contribution >= 0.6 is 0 Å². The summed E-state index contributed by atoms with van der Waals surface area (Å²) in [5.74, 6) is 0.774. The molecule has 1 atom stereocenters. The van der Waals surface area contributed by atoms with Crippen molar-refractivity contribution in [2.45, 2.75) is 25.6 Å². The fraction of sp³-hybridized carbons (Fsp3) is 0.333. The summed E-state index contributed by atoms with van der Waals surface area (Å²) >= 11 is 0. The van der Waals surface area contributed by atoms with Crippen molar-refractivity contribution < 1.29 is 9.47 Å². The number of ether oxygens (including phenoxy) is 2. The second-order valence-corrected chi connectivity index (χ2v) is 4.32. The molecular formula is C15H15O2. The molecule has 2 heteroatoms. The van der Waals surface area contributed by atoms with E-state index in [-0.39, 0.29) is 6.29 Å². The summed E-state index contributed by atoms with van der Waals surface area (Å²) in [6, 6.07) is 15.5. The standard InChI is InChI=1S/C15H15O2/c1-2-6-13-11-14(9-8-12(13)5-1)17-15-7-3-4-10-16-15/h1-2,5-6,8-9,15H,3-4,7,10H2. The highest BCUT2D eigenvalue weighted by atomic mass is 16.7. The molecule has 0 spiro atoms. The molecule has 87 valence electrons. The first-order valence-electron chi connectivity index (χ1n) is 6.11. The predicted octanol–water partition coefficient (Wildman–Crippen LogP) is 3.55. The molecule has 3 rings (SSSR count). The highest BCUT2D eigenvalue weighted by Gasteiger charge is 2.15. The Labute approximate surface area is 101 Å². The minimum absolute atomic E-state index is 0.0961. The lowest BCUT2D eigenvalue weighted by Crippen LogP contribution is -2.24. The van der Waals surface area contributed by atoms with E-state index in [1.165, 1.54) is 11.8 Å². The molecular weight excluding hydrogens is 212 g/mol. The minimum Gasteiger partial charge on any atom is -0.464 e. The van der Waals surface area contributed by atoms with Gasteiger partial charge in [-0.15, -0.1) is 0 Å². The van der Waals surface area contributed by atoms with Gasteiger partial charge in [0, 0.05) is 12.5 Å². The SMILES string of the molecule is [c]1c(OC2CCCCO2)ccc2ccccc12. The summed E-state index contributed by atoms with van der Waals surface area (Å²) < 4.78 is 11.3. The van der Waals surface area contributed by atoms with Crippen LogP contribution in [0.5, 0.6) is 5.75 Å². The zero-order chi connectivity index (χ0) is 11.5. The Balaban J connectivity index is 1.80. The van der Waals surface area contributed by atoms with E-state index in [2.05, 4.69) is 18.2 Å². The van der Waals surface area contributed by atoms with Crippen molar-refractivity contribution in [2.24, 2.45) is 0 Å². The second kappa shape index (κ2) is 4.76. The first kappa shape index (κ1) is 10.6. The number of fused-ring (bicyclic) bond motifs is 1. The quantitative estimate of drug-likeness (QED) is 0.781. The second-order valence-electron chi connectivity index (χ2n) is 4.32. The number of hydrogen-bond acceptors (Lipinski definition) is 2. The average molecular weight is 227 g/mol. The van der Waals surface area contributed by atoms with Gasteiger partial charge in [-0.05, 0) is 29.7 Å². The van der Waals surface area contributed by atoms with E-state index >= 15 is 0 Å². The number of benzene rings is 2. The van der Waals surface area contributed by atoms with Crippen LogP contribution in [0.4, 0.5) is 0 Å². The fourth-order valence-corrected chi connectivity index (χ4v) is 2.11. The van der Waals surface area contributed by atoms with Gasteiger partial charge in [0.05, 0.1) is 6.61 Å². The fourth-order valence-electron chi connectivity index (χ4n) is 2.11. The topological polar surface area (TPSA) is 18.5 Å². The zero-order valence-corrected chi connectivity index (χ0v) is 9.69. The normalized spacial score (nSPS) is 20.4. The highest BCUT2D eigenvalue weighted by Crippen LogP contribution is 2.23. The first-order chi connectivity index (χ1) is 8.42. The van der Waals surface area contributed by atoms with Crippen molar-refractivity contribution in [1.82, 2.24) is 0 Å².